The quantitative estimate of drug-likeness (QED) is 0.315. The predicted octanol–water partition coefficient (Wildman–Crippen LogP) is 5.10. The minimum atomic E-state index is -0.356. The van der Waals surface area contributed by atoms with Gasteiger partial charge >= 0.3 is 0 Å². The Morgan fingerprint density at radius 2 is 1.93 bits per heavy atom. The first-order valence-corrected chi connectivity index (χ1v) is 11.3. The summed E-state index contributed by atoms with van der Waals surface area (Å²) >= 11 is 1.51. The summed E-state index contributed by atoms with van der Waals surface area (Å²) in [7, 11) is 0. The van der Waals surface area contributed by atoms with Gasteiger partial charge in [0, 0.05) is 48.1 Å². The van der Waals surface area contributed by atoms with Crippen LogP contribution in [0.4, 0.5) is 4.39 Å². The predicted molar refractivity (Wildman–Crippen MR) is 118 cm³/mol. The first-order valence-electron chi connectivity index (χ1n) is 10.1. The fourth-order valence-electron chi connectivity index (χ4n) is 3.96. The molecule has 1 unspecified atom stereocenters. The van der Waals surface area contributed by atoms with E-state index in [2.05, 4.69) is 14.9 Å². The van der Waals surface area contributed by atoms with Gasteiger partial charge in [-0.2, -0.15) is 0 Å². The normalized spacial score (nSPS) is 17.1. The molecule has 4 nitrogen and oxygen atoms in total. The number of halogens is 1. The monoisotopic (exact) mass is 421 g/mol. The van der Waals surface area contributed by atoms with Gasteiger partial charge in [0.1, 0.15) is 5.82 Å². The number of likely N-dealkylation sites (tertiary alicyclic amines) is 1. The number of Topliss-reactive ketones (excluding diaryl/α,β-unsaturated/α-hetero) is 1. The maximum absolute atomic E-state index is 14.7. The number of ketones is 1. The molecular formula is C24H24FN3OS. The van der Waals surface area contributed by atoms with Crippen molar-refractivity contribution in [2.45, 2.75) is 24.5 Å². The number of piperidine rings is 1. The Labute approximate surface area is 180 Å². The fourth-order valence-corrected chi connectivity index (χ4v) is 4.27. The number of aromatic nitrogens is 2. The highest BCUT2D eigenvalue weighted by Crippen LogP contribution is 2.27. The van der Waals surface area contributed by atoms with E-state index in [0.29, 0.717) is 17.7 Å². The minimum Gasteiger partial charge on any atom is -0.298 e. The Balaban J connectivity index is 1.44. The van der Waals surface area contributed by atoms with Crippen molar-refractivity contribution in [3.05, 3.63) is 77.9 Å². The van der Waals surface area contributed by atoms with Crippen LogP contribution >= 0.6 is 11.8 Å². The zero-order chi connectivity index (χ0) is 20.9. The molecule has 1 aromatic heterocycles. The van der Waals surface area contributed by atoms with Crippen molar-refractivity contribution < 1.29 is 9.18 Å². The zero-order valence-electron chi connectivity index (χ0n) is 16.9. The van der Waals surface area contributed by atoms with Crippen LogP contribution in [0.15, 0.2) is 66.1 Å². The van der Waals surface area contributed by atoms with Crippen LogP contribution in [0.5, 0.6) is 0 Å². The van der Waals surface area contributed by atoms with E-state index in [9.17, 15) is 9.18 Å². The van der Waals surface area contributed by atoms with Crippen molar-refractivity contribution >= 4 is 17.5 Å². The molecule has 0 aliphatic carbocycles. The number of nitrogens with zero attached hydrogens (tertiary/aromatic N) is 3. The van der Waals surface area contributed by atoms with Gasteiger partial charge in [-0.3, -0.25) is 9.69 Å². The van der Waals surface area contributed by atoms with Crippen LogP contribution in [0.2, 0.25) is 0 Å². The number of hydrogen-bond donors (Lipinski definition) is 0. The largest absolute Gasteiger partial charge is 0.298 e. The molecule has 0 saturated carbocycles. The SMILES string of the molecule is CSc1ncc(CN2CCCC(C(=O)c3ccc(-c4ccccc4)c(F)c3)C2)cn1. The summed E-state index contributed by atoms with van der Waals surface area (Å²) in [5, 5.41) is 0.756. The molecule has 0 radical (unpaired) electrons. The van der Waals surface area contributed by atoms with Crippen LogP contribution in [0, 0.1) is 11.7 Å². The van der Waals surface area contributed by atoms with E-state index < -0.39 is 0 Å². The standard InChI is InChI=1S/C24H24FN3OS/c1-30-24-26-13-17(14-27-24)15-28-11-5-8-20(16-28)23(29)19-9-10-21(22(25)12-19)18-6-3-2-4-7-18/h2-4,6-7,9-10,12-14,20H,5,8,11,15-16H2,1H3. The maximum atomic E-state index is 14.7. The molecule has 0 bridgehead atoms. The molecule has 1 saturated heterocycles. The second-order valence-corrected chi connectivity index (χ2v) is 8.35. The van der Waals surface area contributed by atoms with Gasteiger partial charge in [0.2, 0.25) is 0 Å². The highest BCUT2D eigenvalue weighted by molar-refractivity contribution is 7.98. The highest BCUT2D eigenvalue weighted by atomic mass is 32.2. The van der Waals surface area contributed by atoms with E-state index in [1.54, 1.807) is 12.1 Å². The van der Waals surface area contributed by atoms with Gasteiger partial charge < -0.3 is 0 Å². The van der Waals surface area contributed by atoms with E-state index in [1.165, 1.54) is 17.8 Å². The van der Waals surface area contributed by atoms with E-state index in [0.717, 1.165) is 42.2 Å². The molecule has 30 heavy (non-hydrogen) atoms. The summed E-state index contributed by atoms with van der Waals surface area (Å²) in [6.07, 6.45) is 7.43. The lowest BCUT2D eigenvalue weighted by atomic mass is 9.89. The second-order valence-electron chi connectivity index (χ2n) is 7.58. The van der Waals surface area contributed by atoms with Gasteiger partial charge in [0.05, 0.1) is 0 Å². The molecule has 4 rings (SSSR count). The zero-order valence-corrected chi connectivity index (χ0v) is 17.7. The number of hydrogen-bond acceptors (Lipinski definition) is 5. The third kappa shape index (κ3) is 4.77. The third-order valence-electron chi connectivity index (χ3n) is 5.49. The average Bonchev–Trinajstić information content (AvgIpc) is 2.80. The van der Waals surface area contributed by atoms with Gasteiger partial charge in [-0.1, -0.05) is 54.2 Å². The first-order chi connectivity index (χ1) is 14.6. The Bertz CT molecular complexity index is 1010. The first kappa shape index (κ1) is 20.7. The smallest absolute Gasteiger partial charge is 0.187 e. The van der Waals surface area contributed by atoms with E-state index in [1.807, 2.05) is 49.0 Å². The number of rotatable bonds is 6. The Morgan fingerprint density at radius 1 is 1.17 bits per heavy atom. The van der Waals surface area contributed by atoms with Gasteiger partial charge in [0.25, 0.3) is 0 Å². The Hall–Kier alpha value is -2.57. The van der Waals surface area contributed by atoms with Crippen molar-refractivity contribution in [2.75, 3.05) is 19.3 Å². The summed E-state index contributed by atoms with van der Waals surface area (Å²) in [5.41, 5.74) is 2.82. The van der Waals surface area contributed by atoms with Crippen LogP contribution in [0.25, 0.3) is 11.1 Å². The van der Waals surface area contributed by atoms with Gasteiger partial charge in [-0.15, -0.1) is 0 Å². The van der Waals surface area contributed by atoms with Crippen LogP contribution in [0.1, 0.15) is 28.8 Å². The van der Waals surface area contributed by atoms with Crippen LogP contribution in [-0.2, 0) is 6.54 Å². The fraction of sp³-hybridized carbons (Fsp3) is 0.292. The third-order valence-corrected chi connectivity index (χ3v) is 6.06. The molecule has 3 aromatic rings. The van der Waals surface area contributed by atoms with Crippen molar-refractivity contribution in [2.24, 2.45) is 5.92 Å². The maximum Gasteiger partial charge on any atom is 0.187 e. The van der Waals surface area contributed by atoms with Gasteiger partial charge in [0.15, 0.2) is 10.9 Å². The van der Waals surface area contributed by atoms with Crippen LogP contribution in [0.3, 0.4) is 0 Å². The van der Waals surface area contributed by atoms with Gasteiger partial charge in [-0.25, -0.2) is 14.4 Å². The molecule has 0 spiro atoms. The van der Waals surface area contributed by atoms with E-state index >= 15 is 0 Å². The molecule has 2 heterocycles. The molecule has 1 aliphatic rings. The summed E-state index contributed by atoms with van der Waals surface area (Å²) in [6.45, 7) is 2.33. The highest BCUT2D eigenvalue weighted by Gasteiger charge is 2.27. The number of carbonyl (C=O) groups excluding carboxylic acids is 1. The van der Waals surface area contributed by atoms with Crippen LogP contribution in [-0.4, -0.2) is 40.0 Å². The Morgan fingerprint density at radius 3 is 2.63 bits per heavy atom. The molecule has 1 atom stereocenters. The topological polar surface area (TPSA) is 46.1 Å². The number of carbonyl (C=O) groups is 1. The summed E-state index contributed by atoms with van der Waals surface area (Å²) in [4.78, 5) is 24.0. The summed E-state index contributed by atoms with van der Waals surface area (Å²) in [5.74, 6) is -0.454. The minimum absolute atomic E-state index is 0.0205. The van der Waals surface area contributed by atoms with Gasteiger partial charge in [-0.05, 0) is 37.3 Å². The van der Waals surface area contributed by atoms with Crippen LogP contribution < -0.4 is 0 Å². The average molecular weight is 422 g/mol. The molecule has 0 amide bonds. The van der Waals surface area contributed by atoms with Crippen molar-refractivity contribution in [3.8, 4) is 11.1 Å². The second kappa shape index (κ2) is 9.49. The molecule has 1 aliphatic heterocycles. The van der Waals surface area contributed by atoms with E-state index in [4.69, 9.17) is 0 Å². The molecule has 2 aromatic carbocycles. The molecule has 1 fully saturated rings. The lowest BCUT2D eigenvalue weighted by molar-refractivity contribution is 0.0811. The summed E-state index contributed by atoms with van der Waals surface area (Å²) in [6, 6.07) is 14.2. The number of thioether (sulfide) groups is 1. The molecule has 6 heteroatoms. The lowest BCUT2D eigenvalue weighted by Gasteiger charge is -2.32. The van der Waals surface area contributed by atoms with Crippen molar-refractivity contribution in [1.82, 2.24) is 14.9 Å². The Kier molecular flexibility index (Phi) is 6.55. The lowest BCUT2D eigenvalue weighted by Crippen LogP contribution is -2.38. The van der Waals surface area contributed by atoms with Crippen molar-refractivity contribution in [3.63, 3.8) is 0 Å². The van der Waals surface area contributed by atoms with E-state index in [-0.39, 0.29) is 17.5 Å². The van der Waals surface area contributed by atoms with Crippen molar-refractivity contribution in [1.29, 1.82) is 0 Å². The molecular weight excluding hydrogens is 397 g/mol. The number of benzene rings is 2. The molecule has 0 N–H and O–H groups in total. The molecule has 154 valence electrons. The summed E-state index contributed by atoms with van der Waals surface area (Å²) < 4.78 is 14.7.